The van der Waals surface area contributed by atoms with Crippen LogP contribution in [-0.4, -0.2) is 29.5 Å². The monoisotopic (exact) mass is 1020 g/mol. The molecule has 6 nitrogen and oxygen atoms in total. The van der Waals surface area contributed by atoms with Gasteiger partial charge < -0.3 is 4.57 Å². The molecule has 0 N–H and O–H groups in total. The van der Waals surface area contributed by atoms with Gasteiger partial charge >= 0.3 is 12.4 Å². The van der Waals surface area contributed by atoms with Gasteiger partial charge in [-0.05, 0) is 108 Å². The van der Waals surface area contributed by atoms with Gasteiger partial charge in [0.05, 0.1) is 39.2 Å². The molecule has 0 atom stereocenters. The van der Waals surface area contributed by atoms with Gasteiger partial charge in [0.2, 0.25) is 0 Å². The molecular formula is C65H42F6N6. The van der Waals surface area contributed by atoms with Crippen LogP contribution in [0.2, 0.25) is 0 Å². The summed E-state index contributed by atoms with van der Waals surface area (Å²) in [7, 11) is 0. The molecule has 9 aromatic carbocycles. The lowest BCUT2D eigenvalue weighted by molar-refractivity contribution is -0.138. The Hall–Kier alpha value is -9.55. The maximum atomic E-state index is 14.8. The molecule has 0 spiro atoms. The highest BCUT2D eigenvalue weighted by molar-refractivity contribution is 6.12. The largest absolute Gasteiger partial charge is 0.417 e. The van der Waals surface area contributed by atoms with E-state index in [1.165, 1.54) is 12.1 Å². The third-order valence-corrected chi connectivity index (χ3v) is 13.7. The zero-order valence-electron chi connectivity index (χ0n) is 41.2. The van der Waals surface area contributed by atoms with Gasteiger partial charge in [0.1, 0.15) is 0 Å². The van der Waals surface area contributed by atoms with Crippen molar-refractivity contribution >= 4 is 21.8 Å². The standard InChI is InChI=1S/C65H42F6N6/c1-39-23-28-50(54(33-39)65(69,70)71)46-25-31-58-52(36-46)51-35-45(49-29-27-48(34-40(49)2)64(66,67)68)24-30-57(51)77(58)59-32-26-47(63-75-61(43-19-11-5-12-20-43)74-62(76-63)44-21-13-6-14-22-44)37-53(59)56-38-55(41-15-7-3-8-16-41)72-60(73-56)42-17-9-4-10-18-42/h3-38H,1-2H3. The second-order valence-electron chi connectivity index (χ2n) is 18.8. The molecule has 0 aliphatic carbocycles. The van der Waals surface area contributed by atoms with Crippen molar-refractivity contribution in [3.8, 4) is 96.0 Å². The minimum Gasteiger partial charge on any atom is -0.309 e. The zero-order chi connectivity index (χ0) is 53.0. The Morgan fingerprint density at radius 2 is 0.805 bits per heavy atom. The van der Waals surface area contributed by atoms with Gasteiger partial charge in [-0.1, -0.05) is 157 Å². The minimum atomic E-state index is -4.65. The van der Waals surface area contributed by atoms with E-state index in [4.69, 9.17) is 24.9 Å². The molecule has 0 radical (unpaired) electrons. The summed E-state index contributed by atoms with van der Waals surface area (Å²) in [6.07, 6.45) is -9.19. The summed E-state index contributed by atoms with van der Waals surface area (Å²) >= 11 is 0. The van der Waals surface area contributed by atoms with Crippen molar-refractivity contribution in [3.63, 3.8) is 0 Å². The highest BCUT2D eigenvalue weighted by Gasteiger charge is 2.34. The van der Waals surface area contributed by atoms with Gasteiger partial charge in [-0.2, -0.15) is 26.3 Å². The van der Waals surface area contributed by atoms with Crippen LogP contribution in [0.15, 0.2) is 218 Å². The van der Waals surface area contributed by atoms with Gasteiger partial charge in [-0.25, -0.2) is 24.9 Å². The van der Waals surface area contributed by atoms with Gasteiger partial charge in [0.15, 0.2) is 23.3 Å². The van der Waals surface area contributed by atoms with E-state index in [2.05, 4.69) is 4.57 Å². The average molecular weight is 1020 g/mol. The third-order valence-electron chi connectivity index (χ3n) is 13.7. The lowest BCUT2D eigenvalue weighted by Gasteiger charge is -2.17. The third kappa shape index (κ3) is 9.39. The molecule has 0 unspecified atom stereocenters. The Balaban J connectivity index is 1.16. The molecule has 374 valence electrons. The van der Waals surface area contributed by atoms with E-state index in [1.54, 1.807) is 32.0 Å². The van der Waals surface area contributed by atoms with Crippen molar-refractivity contribution in [1.82, 2.24) is 29.5 Å². The van der Waals surface area contributed by atoms with E-state index < -0.39 is 23.5 Å². The Kier molecular flexibility index (Phi) is 12.1. The number of hydrogen-bond acceptors (Lipinski definition) is 5. The van der Waals surface area contributed by atoms with Crippen LogP contribution in [0, 0.1) is 13.8 Å². The van der Waals surface area contributed by atoms with E-state index in [0.717, 1.165) is 40.5 Å². The molecule has 0 fully saturated rings. The molecule has 12 aromatic rings. The molecule has 3 aromatic heterocycles. The minimum absolute atomic E-state index is 0.00986. The first-order valence-corrected chi connectivity index (χ1v) is 24.7. The first-order chi connectivity index (χ1) is 37.2. The zero-order valence-corrected chi connectivity index (χ0v) is 41.2. The van der Waals surface area contributed by atoms with Crippen LogP contribution < -0.4 is 0 Å². The smallest absolute Gasteiger partial charge is 0.309 e. The number of aryl methyl sites for hydroxylation is 2. The average Bonchev–Trinajstić information content (AvgIpc) is 3.84. The highest BCUT2D eigenvalue weighted by atomic mass is 19.4. The number of hydrogen-bond donors (Lipinski definition) is 0. The van der Waals surface area contributed by atoms with Gasteiger partial charge in [0.25, 0.3) is 0 Å². The fraction of sp³-hybridized carbons (Fsp3) is 0.0615. The predicted octanol–water partition coefficient (Wildman–Crippen LogP) is 17.7. The summed E-state index contributed by atoms with van der Waals surface area (Å²) in [5.41, 5.74) is 8.60. The quantitative estimate of drug-likeness (QED) is 0.135. The number of fused-ring (bicyclic) bond motifs is 3. The van der Waals surface area contributed by atoms with Crippen LogP contribution in [0.25, 0.3) is 118 Å². The van der Waals surface area contributed by atoms with Gasteiger partial charge in [-0.3, -0.25) is 0 Å². The molecule has 0 aliphatic heterocycles. The van der Waals surface area contributed by atoms with Crippen LogP contribution >= 0.6 is 0 Å². The van der Waals surface area contributed by atoms with Crippen molar-refractivity contribution in [2.45, 2.75) is 26.2 Å². The molecule has 0 amide bonds. The molecule has 77 heavy (non-hydrogen) atoms. The Morgan fingerprint density at radius 1 is 0.338 bits per heavy atom. The predicted molar refractivity (Wildman–Crippen MR) is 293 cm³/mol. The summed E-state index contributed by atoms with van der Waals surface area (Å²) in [5.74, 6) is 1.81. The molecule has 0 aliphatic rings. The van der Waals surface area contributed by atoms with Crippen LogP contribution in [0.5, 0.6) is 0 Å². The SMILES string of the molecule is Cc1ccc(-c2ccc3c(c2)c2cc(-c4ccc(C(F)(F)F)cc4C)ccc2n3-c2ccc(-c3nc(-c4ccccc4)nc(-c4ccccc4)n3)cc2-c2cc(-c3ccccc3)nc(-c3ccccc3)n2)c(C(F)(F)F)c1. The lowest BCUT2D eigenvalue weighted by Crippen LogP contribution is -2.07. The van der Waals surface area contributed by atoms with Crippen LogP contribution in [0.1, 0.15) is 22.3 Å². The molecule has 0 bridgehead atoms. The first-order valence-electron chi connectivity index (χ1n) is 24.7. The number of aromatic nitrogens is 6. The normalized spacial score (nSPS) is 11.9. The number of benzene rings is 9. The maximum Gasteiger partial charge on any atom is 0.417 e. The molecular weight excluding hydrogens is 979 g/mol. The number of rotatable bonds is 9. The maximum absolute atomic E-state index is 14.8. The highest BCUT2D eigenvalue weighted by Crippen LogP contribution is 2.44. The molecule has 3 heterocycles. The van der Waals surface area contributed by atoms with Gasteiger partial charge in [0, 0.05) is 44.2 Å². The second-order valence-corrected chi connectivity index (χ2v) is 18.8. The van der Waals surface area contributed by atoms with Crippen molar-refractivity contribution in [1.29, 1.82) is 0 Å². The summed E-state index contributed by atoms with van der Waals surface area (Å²) in [6, 6.07) is 65.5. The number of alkyl halides is 6. The summed E-state index contributed by atoms with van der Waals surface area (Å²) < 4.78 is 88.4. The Bertz CT molecular complexity index is 4080. The van der Waals surface area contributed by atoms with E-state index in [9.17, 15) is 26.3 Å². The molecule has 12 heteroatoms. The second kappa shape index (κ2) is 19.3. The lowest BCUT2D eigenvalue weighted by atomic mass is 9.95. The topological polar surface area (TPSA) is 69.4 Å². The molecule has 0 saturated carbocycles. The summed E-state index contributed by atoms with van der Waals surface area (Å²) in [4.78, 5) is 25.5. The number of halogens is 6. The first kappa shape index (κ1) is 48.4. The summed E-state index contributed by atoms with van der Waals surface area (Å²) in [5, 5.41) is 1.27. The number of nitrogens with zero attached hydrogens (tertiary/aromatic N) is 6. The van der Waals surface area contributed by atoms with Gasteiger partial charge in [-0.15, -0.1) is 0 Å². The Labute approximate surface area is 438 Å². The van der Waals surface area contributed by atoms with Crippen molar-refractivity contribution in [3.05, 3.63) is 241 Å². The molecule has 0 saturated heterocycles. The van der Waals surface area contributed by atoms with Crippen molar-refractivity contribution < 1.29 is 26.3 Å². The van der Waals surface area contributed by atoms with E-state index in [1.807, 2.05) is 170 Å². The molecule has 12 rings (SSSR count). The fourth-order valence-electron chi connectivity index (χ4n) is 10.00. The van der Waals surface area contributed by atoms with E-state index in [0.29, 0.717) is 101 Å². The van der Waals surface area contributed by atoms with Crippen LogP contribution in [0.4, 0.5) is 26.3 Å². The van der Waals surface area contributed by atoms with Crippen molar-refractivity contribution in [2.24, 2.45) is 0 Å². The van der Waals surface area contributed by atoms with Crippen LogP contribution in [0.3, 0.4) is 0 Å². The van der Waals surface area contributed by atoms with E-state index >= 15 is 0 Å². The van der Waals surface area contributed by atoms with Crippen molar-refractivity contribution in [2.75, 3.05) is 0 Å². The van der Waals surface area contributed by atoms with Crippen LogP contribution in [-0.2, 0) is 12.4 Å². The Morgan fingerprint density at radius 3 is 1.32 bits per heavy atom. The summed E-state index contributed by atoms with van der Waals surface area (Å²) in [6.45, 7) is 3.26. The fourth-order valence-corrected chi connectivity index (χ4v) is 10.00. The van der Waals surface area contributed by atoms with E-state index in [-0.39, 0.29) is 5.56 Å².